The molecule has 5 nitrogen and oxygen atoms in total. The molecule has 0 aromatic rings. The van der Waals surface area contributed by atoms with Crippen molar-refractivity contribution in [3.8, 4) is 0 Å². The largest absolute Gasteiger partial charge is 0.376 e. The van der Waals surface area contributed by atoms with E-state index in [0.717, 1.165) is 50.9 Å². The van der Waals surface area contributed by atoms with E-state index in [0.29, 0.717) is 6.42 Å². The number of rotatable bonds is 2. The van der Waals surface area contributed by atoms with E-state index in [1.165, 1.54) is 4.90 Å². The summed E-state index contributed by atoms with van der Waals surface area (Å²) in [5, 5.41) is 17.3. The molecule has 0 aromatic carbocycles. The maximum Gasteiger partial charge on any atom is 0.224 e. The molecule has 104 valence electrons. The molecule has 0 aliphatic carbocycles. The van der Waals surface area contributed by atoms with E-state index in [-0.39, 0.29) is 19.4 Å². The van der Waals surface area contributed by atoms with E-state index < -0.39 is 0 Å². The SMILES string of the molecule is C=C1CCCN1CO.O=C1CCCCCN1CO. The van der Waals surface area contributed by atoms with E-state index in [1.807, 2.05) is 4.90 Å². The van der Waals surface area contributed by atoms with Crippen molar-refractivity contribution in [3.63, 3.8) is 0 Å². The first kappa shape index (κ1) is 15.0. The van der Waals surface area contributed by atoms with Gasteiger partial charge < -0.3 is 20.0 Å². The molecule has 0 radical (unpaired) electrons. The lowest BCUT2D eigenvalue weighted by Crippen LogP contribution is -2.30. The van der Waals surface area contributed by atoms with Crippen LogP contribution in [0, 0.1) is 0 Å². The summed E-state index contributed by atoms with van der Waals surface area (Å²) < 4.78 is 0. The highest BCUT2D eigenvalue weighted by Gasteiger charge is 2.14. The third kappa shape index (κ3) is 4.66. The Balaban J connectivity index is 0.000000184. The smallest absolute Gasteiger partial charge is 0.224 e. The van der Waals surface area contributed by atoms with E-state index in [2.05, 4.69) is 6.58 Å². The maximum absolute atomic E-state index is 11.0. The van der Waals surface area contributed by atoms with Gasteiger partial charge >= 0.3 is 0 Å². The van der Waals surface area contributed by atoms with Gasteiger partial charge in [0.05, 0.1) is 0 Å². The quantitative estimate of drug-likeness (QED) is 0.770. The molecule has 18 heavy (non-hydrogen) atoms. The van der Waals surface area contributed by atoms with Crippen molar-refractivity contribution in [2.75, 3.05) is 26.6 Å². The molecule has 0 unspecified atom stereocenters. The monoisotopic (exact) mass is 256 g/mol. The number of amides is 1. The van der Waals surface area contributed by atoms with E-state index >= 15 is 0 Å². The highest BCUT2D eigenvalue weighted by atomic mass is 16.3. The average molecular weight is 256 g/mol. The zero-order valence-electron chi connectivity index (χ0n) is 11.0. The van der Waals surface area contributed by atoms with Crippen molar-refractivity contribution in [2.24, 2.45) is 0 Å². The second-order valence-electron chi connectivity index (χ2n) is 4.68. The van der Waals surface area contributed by atoms with Crippen molar-refractivity contribution in [3.05, 3.63) is 12.3 Å². The number of hydrogen-bond acceptors (Lipinski definition) is 4. The van der Waals surface area contributed by atoms with Gasteiger partial charge in [-0.25, -0.2) is 0 Å². The fraction of sp³-hybridized carbons (Fsp3) is 0.769. The molecule has 2 N–H and O–H groups in total. The van der Waals surface area contributed by atoms with Crippen molar-refractivity contribution >= 4 is 5.91 Å². The highest BCUT2D eigenvalue weighted by Crippen LogP contribution is 2.16. The molecule has 0 saturated carbocycles. The summed E-state index contributed by atoms with van der Waals surface area (Å²) in [5.41, 5.74) is 1.08. The van der Waals surface area contributed by atoms with Crippen molar-refractivity contribution < 1.29 is 15.0 Å². The van der Waals surface area contributed by atoms with Crippen LogP contribution >= 0.6 is 0 Å². The summed E-state index contributed by atoms with van der Waals surface area (Å²) >= 11 is 0. The molecular formula is C13H24N2O3. The highest BCUT2D eigenvalue weighted by molar-refractivity contribution is 5.76. The molecule has 1 amide bonds. The summed E-state index contributed by atoms with van der Waals surface area (Å²) in [6.07, 6.45) is 5.95. The van der Waals surface area contributed by atoms with Crippen LogP contribution in [-0.4, -0.2) is 52.5 Å². The topological polar surface area (TPSA) is 64.0 Å². The minimum absolute atomic E-state index is 0.0972. The number of allylic oxidation sites excluding steroid dienone is 1. The minimum atomic E-state index is -0.112. The van der Waals surface area contributed by atoms with Crippen LogP contribution < -0.4 is 0 Å². The maximum atomic E-state index is 11.0. The fourth-order valence-electron chi connectivity index (χ4n) is 2.15. The van der Waals surface area contributed by atoms with Crippen molar-refractivity contribution in [2.45, 2.75) is 38.5 Å². The summed E-state index contributed by atoms with van der Waals surface area (Å²) in [6, 6.07) is 0. The van der Waals surface area contributed by atoms with Crippen molar-refractivity contribution in [1.82, 2.24) is 9.80 Å². The number of carbonyl (C=O) groups excluding carboxylic acids is 1. The molecule has 2 aliphatic rings. The zero-order chi connectivity index (χ0) is 13.4. The molecule has 2 rings (SSSR count). The summed E-state index contributed by atoms with van der Waals surface area (Å²) in [4.78, 5) is 14.4. The van der Waals surface area contributed by atoms with Gasteiger partial charge in [0.2, 0.25) is 5.91 Å². The lowest BCUT2D eigenvalue weighted by Gasteiger charge is -2.15. The number of nitrogens with zero attached hydrogens (tertiary/aromatic N) is 2. The van der Waals surface area contributed by atoms with Crippen LogP contribution in [0.2, 0.25) is 0 Å². The number of aliphatic hydroxyl groups excluding tert-OH is 2. The van der Waals surface area contributed by atoms with E-state index in [9.17, 15) is 4.79 Å². The first-order chi connectivity index (χ1) is 8.69. The van der Waals surface area contributed by atoms with E-state index in [1.54, 1.807) is 0 Å². The molecule has 0 aromatic heterocycles. The van der Waals surface area contributed by atoms with Gasteiger partial charge in [0.1, 0.15) is 13.5 Å². The van der Waals surface area contributed by atoms with Gasteiger partial charge in [-0.05, 0) is 25.7 Å². The first-order valence-corrected chi connectivity index (χ1v) is 6.61. The molecule has 2 heterocycles. The number of aliphatic hydroxyl groups is 2. The molecule has 0 bridgehead atoms. The second-order valence-corrected chi connectivity index (χ2v) is 4.68. The summed E-state index contributed by atoms with van der Waals surface area (Å²) in [6.45, 7) is 5.51. The van der Waals surface area contributed by atoms with Gasteiger partial charge in [-0.3, -0.25) is 4.79 Å². The molecule has 5 heteroatoms. The molecule has 0 spiro atoms. The Morgan fingerprint density at radius 3 is 2.11 bits per heavy atom. The third-order valence-electron chi connectivity index (χ3n) is 3.35. The summed E-state index contributed by atoms with van der Waals surface area (Å²) in [7, 11) is 0. The first-order valence-electron chi connectivity index (χ1n) is 6.61. The Kier molecular flexibility index (Phi) is 6.75. The molecule has 0 atom stereocenters. The van der Waals surface area contributed by atoms with Crippen LogP contribution in [0.4, 0.5) is 0 Å². The number of carbonyl (C=O) groups is 1. The van der Waals surface area contributed by atoms with Crippen LogP contribution in [0.3, 0.4) is 0 Å². The van der Waals surface area contributed by atoms with Crippen molar-refractivity contribution in [1.29, 1.82) is 0 Å². The molecule has 2 fully saturated rings. The molecule has 2 saturated heterocycles. The zero-order valence-corrected chi connectivity index (χ0v) is 11.0. The van der Waals surface area contributed by atoms with Gasteiger partial charge in [0, 0.05) is 25.2 Å². The lowest BCUT2D eigenvalue weighted by atomic mass is 10.2. The molecule has 2 aliphatic heterocycles. The standard InChI is InChI=1S/C7H13NO2.C6H11NO/c9-6-8-5-3-1-2-4-7(8)10;1-6-3-2-4-7(6)5-8/h9H,1-6H2;8H,1-5H2. The second kappa shape index (κ2) is 8.11. The van der Waals surface area contributed by atoms with Gasteiger partial charge in [0.15, 0.2) is 0 Å². The Labute approximate surface area is 109 Å². The van der Waals surface area contributed by atoms with Crippen LogP contribution in [0.25, 0.3) is 0 Å². The normalized spacial score (nSPS) is 20.6. The van der Waals surface area contributed by atoms with Gasteiger partial charge in [-0.1, -0.05) is 13.0 Å². The van der Waals surface area contributed by atoms with Crippen LogP contribution in [0.15, 0.2) is 12.3 Å². The van der Waals surface area contributed by atoms with E-state index in [4.69, 9.17) is 10.2 Å². The number of hydrogen-bond donors (Lipinski definition) is 2. The predicted molar refractivity (Wildman–Crippen MR) is 69.4 cm³/mol. The van der Waals surface area contributed by atoms with Crippen LogP contribution in [0.1, 0.15) is 38.5 Å². The average Bonchev–Trinajstić information content (AvgIpc) is 2.68. The van der Waals surface area contributed by atoms with Gasteiger partial charge in [-0.2, -0.15) is 0 Å². The van der Waals surface area contributed by atoms with Gasteiger partial charge in [0.25, 0.3) is 0 Å². The van der Waals surface area contributed by atoms with Crippen LogP contribution in [-0.2, 0) is 4.79 Å². The summed E-state index contributed by atoms with van der Waals surface area (Å²) in [5.74, 6) is 0.0972. The Morgan fingerprint density at radius 2 is 1.61 bits per heavy atom. The minimum Gasteiger partial charge on any atom is -0.376 e. The Morgan fingerprint density at radius 1 is 0.944 bits per heavy atom. The molecular weight excluding hydrogens is 232 g/mol. The third-order valence-corrected chi connectivity index (χ3v) is 3.35. The van der Waals surface area contributed by atoms with Crippen LogP contribution in [0.5, 0.6) is 0 Å². The van der Waals surface area contributed by atoms with Gasteiger partial charge in [-0.15, -0.1) is 0 Å². The fourth-order valence-corrected chi connectivity index (χ4v) is 2.15. The Bertz CT molecular complexity index is 281. The Hall–Kier alpha value is -1.07. The predicted octanol–water partition coefficient (Wildman–Crippen LogP) is 0.885. The number of likely N-dealkylation sites (tertiary alicyclic amines) is 2. The lowest BCUT2D eigenvalue weighted by molar-refractivity contribution is -0.134.